The van der Waals surface area contributed by atoms with Crippen LogP contribution >= 0.6 is 0 Å². The summed E-state index contributed by atoms with van der Waals surface area (Å²) in [6, 6.07) is 8.24. The van der Waals surface area contributed by atoms with Gasteiger partial charge in [0.1, 0.15) is 5.75 Å². The van der Waals surface area contributed by atoms with Crippen molar-refractivity contribution < 1.29 is 9.53 Å². The highest BCUT2D eigenvalue weighted by atomic mass is 16.5. The van der Waals surface area contributed by atoms with Gasteiger partial charge in [0.2, 0.25) is 5.91 Å². The maximum atomic E-state index is 12.3. The van der Waals surface area contributed by atoms with E-state index in [1.807, 2.05) is 24.0 Å². The van der Waals surface area contributed by atoms with E-state index in [0.29, 0.717) is 0 Å². The molecule has 2 atom stereocenters. The normalized spacial score (nSPS) is 17.6. The number of amides is 1. The lowest BCUT2D eigenvalue weighted by Gasteiger charge is -2.24. The molecule has 0 saturated carbocycles. The van der Waals surface area contributed by atoms with Crippen molar-refractivity contribution in [2.45, 2.75) is 45.2 Å². The zero-order valence-electron chi connectivity index (χ0n) is 13.3. The van der Waals surface area contributed by atoms with Crippen LogP contribution in [0.3, 0.4) is 0 Å². The number of nitrogens with one attached hydrogen (secondary N) is 1. The number of methoxy groups -OCH3 is 1. The lowest BCUT2D eigenvalue weighted by atomic mass is 10.1. The van der Waals surface area contributed by atoms with Crippen LogP contribution in [0.2, 0.25) is 0 Å². The Morgan fingerprint density at radius 3 is 2.43 bits per heavy atom. The van der Waals surface area contributed by atoms with Gasteiger partial charge < -0.3 is 15.0 Å². The summed E-state index contributed by atoms with van der Waals surface area (Å²) >= 11 is 0. The Balaban J connectivity index is 1.82. The Morgan fingerprint density at radius 2 is 1.86 bits per heavy atom. The van der Waals surface area contributed by atoms with Crippen LogP contribution < -0.4 is 10.1 Å². The van der Waals surface area contributed by atoms with Crippen LogP contribution in [0.1, 0.15) is 32.3 Å². The van der Waals surface area contributed by atoms with Crippen LogP contribution in [0.15, 0.2) is 24.3 Å². The van der Waals surface area contributed by atoms with Crippen LogP contribution in [0, 0.1) is 0 Å². The molecule has 0 aromatic heterocycles. The van der Waals surface area contributed by atoms with E-state index in [-0.39, 0.29) is 18.0 Å². The quantitative estimate of drug-likeness (QED) is 0.873. The lowest BCUT2D eigenvalue weighted by Crippen LogP contribution is -2.47. The highest BCUT2D eigenvalue weighted by molar-refractivity contribution is 5.81. The van der Waals surface area contributed by atoms with E-state index in [0.717, 1.165) is 38.1 Å². The first-order valence-corrected chi connectivity index (χ1v) is 7.78. The van der Waals surface area contributed by atoms with Crippen LogP contribution in [-0.2, 0) is 11.2 Å². The Kier molecular flexibility index (Phi) is 5.62. The minimum absolute atomic E-state index is 0.114. The van der Waals surface area contributed by atoms with Gasteiger partial charge in [0.15, 0.2) is 0 Å². The summed E-state index contributed by atoms with van der Waals surface area (Å²) in [6.45, 7) is 5.92. The number of carbonyl (C=O) groups is 1. The molecular weight excluding hydrogens is 264 g/mol. The molecule has 1 saturated heterocycles. The van der Waals surface area contributed by atoms with E-state index >= 15 is 0 Å². The SMILES string of the molecule is COc1ccc(CC(C)NC(C)C(=O)N2CCCC2)cc1. The first kappa shape index (κ1) is 15.8. The van der Waals surface area contributed by atoms with Crippen molar-refractivity contribution in [2.24, 2.45) is 0 Å². The average Bonchev–Trinajstić information content (AvgIpc) is 3.01. The average molecular weight is 290 g/mol. The van der Waals surface area contributed by atoms with Gasteiger partial charge in [-0.25, -0.2) is 0 Å². The van der Waals surface area contributed by atoms with E-state index in [1.54, 1.807) is 7.11 Å². The lowest BCUT2D eigenvalue weighted by molar-refractivity contribution is -0.132. The minimum Gasteiger partial charge on any atom is -0.497 e. The molecule has 1 heterocycles. The van der Waals surface area contributed by atoms with Gasteiger partial charge in [0, 0.05) is 19.1 Å². The predicted molar refractivity (Wildman–Crippen MR) is 84.6 cm³/mol. The van der Waals surface area contributed by atoms with Crippen LogP contribution in [-0.4, -0.2) is 43.1 Å². The monoisotopic (exact) mass is 290 g/mol. The molecule has 1 N–H and O–H groups in total. The molecule has 2 rings (SSSR count). The summed E-state index contributed by atoms with van der Waals surface area (Å²) in [5, 5.41) is 3.41. The molecule has 0 aliphatic carbocycles. The molecule has 0 radical (unpaired) electrons. The molecule has 1 aliphatic heterocycles. The summed E-state index contributed by atoms with van der Waals surface area (Å²) in [5.74, 6) is 1.10. The van der Waals surface area contributed by atoms with E-state index in [1.165, 1.54) is 5.56 Å². The number of hydrogen-bond donors (Lipinski definition) is 1. The highest BCUT2D eigenvalue weighted by Gasteiger charge is 2.23. The highest BCUT2D eigenvalue weighted by Crippen LogP contribution is 2.13. The maximum absolute atomic E-state index is 12.3. The number of carbonyl (C=O) groups excluding carboxylic acids is 1. The topological polar surface area (TPSA) is 41.6 Å². The van der Waals surface area contributed by atoms with Crippen LogP contribution in [0.25, 0.3) is 0 Å². The van der Waals surface area contributed by atoms with Crippen molar-refractivity contribution >= 4 is 5.91 Å². The molecule has 1 aliphatic rings. The van der Waals surface area contributed by atoms with Crippen LogP contribution in [0.4, 0.5) is 0 Å². The van der Waals surface area contributed by atoms with Gasteiger partial charge in [0.05, 0.1) is 13.2 Å². The number of likely N-dealkylation sites (tertiary alicyclic amines) is 1. The molecule has 21 heavy (non-hydrogen) atoms. The summed E-state index contributed by atoms with van der Waals surface area (Å²) in [5.41, 5.74) is 1.25. The fourth-order valence-electron chi connectivity index (χ4n) is 2.88. The third-order valence-electron chi connectivity index (χ3n) is 4.02. The molecule has 4 nitrogen and oxygen atoms in total. The summed E-state index contributed by atoms with van der Waals surface area (Å²) in [7, 11) is 1.67. The standard InChI is InChI=1S/C17H26N2O2/c1-13(12-15-6-8-16(21-3)9-7-15)18-14(2)17(20)19-10-4-5-11-19/h6-9,13-14,18H,4-5,10-12H2,1-3H3. The molecule has 1 aromatic rings. The van der Waals surface area contributed by atoms with Gasteiger partial charge in [-0.05, 0) is 50.8 Å². The third kappa shape index (κ3) is 4.46. The fraction of sp³-hybridized carbons (Fsp3) is 0.588. The molecule has 1 aromatic carbocycles. The Labute approximate surface area is 127 Å². The number of rotatable bonds is 6. The molecule has 4 heteroatoms. The largest absolute Gasteiger partial charge is 0.497 e. The smallest absolute Gasteiger partial charge is 0.239 e. The zero-order valence-corrected chi connectivity index (χ0v) is 13.3. The molecule has 116 valence electrons. The molecule has 1 amide bonds. The first-order valence-electron chi connectivity index (χ1n) is 7.78. The third-order valence-corrected chi connectivity index (χ3v) is 4.02. The second-order valence-electron chi connectivity index (χ2n) is 5.87. The number of benzene rings is 1. The Morgan fingerprint density at radius 1 is 1.24 bits per heavy atom. The van der Waals surface area contributed by atoms with Crippen molar-refractivity contribution in [1.29, 1.82) is 0 Å². The second-order valence-corrected chi connectivity index (χ2v) is 5.87. The van der Waals surface area contributed by atoms with Gasteiger partial charge in [-0.1, -0.05) is 12.1 Å². The van der Waals surface area contributed by atoms with Gasteiger partial charge in [-0.2, -0.15) is 0 Å². The van der Waals surface area contributed by atoms with Crippen LogP contribution in [0.5, 0.6) is 5.75 Å². The van der Waals surface area contributed by atoms with Crippen molar-refractivity contribution in [3.05, 3.63) is 29.8 Å². The molecular formula is C17H26N2O2. The number of ether oxygens (including phenoxy) is 1. The van der Waals surface area contributed by atoms with Crippen molar-refractivity contribution in [3.63, 3.8) is 0 Å². The Hall–Kier alpha value is -1.55. The first-order chi connectivity index (χ1) is 10.1. The van der Waals surface area contributed by atoms with E-state index in [2.05, 4.69) is 24.4 Å². The Bertz CT molecular complexity index is 452. The predicted octanol–water partition coefficient (Wildman–Crippen LogP) is 2.23. The minimum atomic E-state index is -0.114. The molecule has 0 bridgehead atoms. The fourth-order valence-corrected chi connectivity index (χ4v) is 2.88. The molecule has 2 unspecified atom stereocenters. The number of hydrogen-bond acceptors (Lipinski definition) is 3. The van der Waals surface area contributed by atoms with Crippen molar-refractivity contribution in [2.75, 3.05) is 20.2 Å². The van der Waals surface area contributed by atoms with E-state index < -0.39 is 0 Å². The van der Waals surface area contributed by atoms with Gasteiger partial charge in [-0.15, -0.1) is 0 Å². The second kappa shape index (κ2) is 7.46. The molecule has 1 fully saturated rings. The zero-order chi connectivity index (χ0) is 15.2. The van der Waals surface area contributed by atoms with Gasteiger partial charge in [-0.3, -0.25) is 4.79 Å². The number of nitrogens with zero attached hydrogens (tertiary/aromatic N) is 1. The van der Waals surface area contributed by atoms with Gasteiger partial charge >= 0.3 is 0 Å². The van der Waals surface area contributed by atoms with E-state index in [9.17, 15) is 4.79 Å². The summed E-state index contributed by atoms with van der Waals surface area (Å²) < 4.78 is 5.16. The summed E-state index contributed by atoms with van der Waals surface area (Å²) in [6.07, 6.45) is 3.18. The molecule has 0 spiro atoms. The van der Waals surface area contributed by atoms with Crippen molar-refractivity contribution in [3.8, 4) is 5.75 Å². The van der Waals surface area contributed by atoms with Gasteiger partial charge in [0.25, 0.3) is 0 Å². The summed E-state index contributed by atoms with van der Waals surface area (Å²) in [4.78, 5) is 14.2. The van der Waals surface area contributed by atoms with Crippen molar-refractivity contribution in [1.82, 2.24) is 10.2 Å². The maximum Gasteiger partial charge on any atom is 0.239 e. The van der Waals surface area contributed by atoms with E-state index in [4.69, 9.17) is 4.74 Å².